The molecule has 0 aliphatic carbocycles. The molecule has 6 aromatic rings. The monoisotopic (exact) mass is 552 g/mol. The maximum atomic E-state index is 13.7. The summed E-state index contributed by atoms with van der Waals surface area (Å²) in [4.78, 5) is 30.5. The van der Waals surface area contributed by atoms with Crippen LogP contribution in [0.3, 0.4) is 0 Å². The minimum Gasteiger partial charge on any atom is -0.352 e. The van der Waals surface area contributed by atoms with Gasteiger partial charge >= 0.3 is 0 Å². The van der Waals surface area contributed by atoms with E-state index in [1.54, 1.807) is 30.9 Å². The number of rotatable bonds is 6. The molecule has 7 heterocycles. The second-order valence-corrected chi connectivity index (χ2v) is 11.0. The standard InChI is InChI=1S/C29H25FN8OS/c30-26-4-3-25(40-26)20-14-33-15-24-19(20)11-23(35-24)29-28-22(37-38-29)2-1-21(36-28)17-10-18(13-32-12-17)34-27(39)9-16-5-7-31-8-6-16/h1-4,10-16,31,35H,5-9H2,(H,34,39)(H,37,38). The van der Waals surface area contributed by atoms with E-state index in [9.17, 15) is 9.18 Å². The summed E-state index contributed by atoms with van der Waals surface area (Å²) in [6.07, 6.45) is 9.43. The van der Waals surface area contributed by atoms with Crippen LogP contribution in [0.2, 0.25) is 0 Å². The first-order valence-electron chi connectivity index (χ1n) is 13.1. The van der Waals surface area contributed by atoms with Crippen molar-refractivity contribution in [1.29, 1.82) is 0 Å². The summed E-state index contributed by atoms with van der Waals surface area (Å²) < 4.78 is 13.7. The van der Waals surface area contributed by atoms with Crippen molar-refractivity contribution in [3.8, 4) is 33.1 Å². The second-order valence-electron chi connectivity index (χ2n) is 10.0. The first kappa shape index (κ1) is 24.6. The zero-order valence-electron chi connectivity index (χ0n) is 21.4. The first-order valence-corrected chi connectivity index (χ1v) is 14.0. The summed E-state index contributed by atoms with van der Waals surface area (Å²) in [5.74, 6) is 0.410. The molecule has 0 spiro atoms. The van der Waals surface area contributed by atoms with Gasteiger partial charge < -0.3 is 15.6 Å². The van der Waals surface area contributed by atoms with E-state index in [-0.39, 0.29) is 11.0 Å². The number of fused-ring (bicyclic) bond motifs is 2. The molecule has 9 nitrogen and oxygen atoms in total. The number of nitrogens with one attached hydrogen (secondary N) is 4. The molecular weight excluding hydrogens is 527 g/mol. The molecule has 1 aliphatic heterocycles. The van der Waals surface area contributed by atoms with Gasteiger partial charge in [-0.2, -0.15) is 9.49 Å². The van der Waals surface area contributed by atoms with Crippen molar-refractivity contribution in [3.05, 3.63) is 66.3 Å². The molecule has 0 saturated carbocycles. The fraction of sp³-hybridized carbons (Fsp3) is 0.207. The number of nitrogens with zero attached hydrogens (tertiary/aromatic N) is 4. The van der Waals surface area contributed by atoms with Gasteiger partial charge in [0.15, 0.2) is 5.13 Å². The largest absolute Gasteiger partial charge is 0.352 e. The van der Waals surface area contributed by atoms with Gasteiger partial charge in [-0.3, -0.25) is 19.9 Å². The Balaban J connectivity index is 1.19. The number of hydrogen-bond acceptors (Lipinski definition) is 7. The van der Waals surface area contributed by atoms with Gasteiger partial charge in [0.05, 0.1) is 40.5 Å². The number of aromatic nitrogens is 6. The van der Waals surface area contributed by atoms with Gasteiger partial charge in [0.2, 0.25) is 5.91 Å². The van der Waals surface area contributed by atoms with Crippen LogP contribution in [-0.2, 0) is 4.79 Å². The van der Waals surface area contributed by atoms with E-state index in [1.165, 1.54) is 6.07 Å². The number of aromatic amines is 2. The number of thiophene rings is 1. The van der Waals surface area contributed by atoms with Crippen molar-refractivity contribution in [2.75, 3.05) is 18.4 Å². The van der Waals surface area contributed by atoms with Crippen molar-refractivity contribution < 1.29 is 9.18 Å². The highest BCUT2D eigenvalue weighted by atomic mass is 32.1. The maximum absolute atomic E-state index is 13.7. The van der Waals surface area contributed by atoms with Crippen LogP contribution >= 0.6 is 11.3 Å². The predicted octanol–water partition coefficient (Wildman–Crippen LogP) is 5.76. The molecule has 1 amide bonds. The lowest BCUT2D eigenvalue weighted by molar-refractivity contribution is -0.117. The summed E-state index contributed by atoms with van der Waals surface area (Å²) in [6, 6.07) is 10.9. The summed E-state index contributed by atoms with van der Waals surface area (Å²) in [5, 5.41) is 14.6. The highest BCUT2D eigenvalue weighted by Crippen LogP contribution is 2.36. The van der Waals surface area contributed by atoms with Crippen LogP contribution in [0.1, 0.15) is 19.3 Å². The van der Waals surface area contributed by atoms with Gasteiger partial charge in [0.1, 0.15) is 11.2 Å². The quantitative estimate of drug-likeness (QED) is 0.208. The molecule has 1 fully saturated rings. The molecule has 6 aromatic heterocycles. The lowest BCUT2D eigenvalue weighted by atomic mass is 9.94. The van der Waals surface area contributed by atoms with Crippen LogP contribution < -0.4 is 10.6 Å². The minimum atomic E-state index is -0.238. The number of hydrogen-bond donors (Lipinski definition) is 4. The van der Waals surface area contributed by atoms with Crippen LogP contribution in [0.5, 0.6) is 0 Å². The van der Waals surface area contributed by atoms with Crippen LogP contribution in [0.25, 0.3) is 55.0 Å². The zero-order valence-corrected chi connectivity index (χ0v) is 22.2. The van der Waals surface area contributed by atoms with Gasteiger partial charge in [0.25, 0.3) is 0 Å². The van der Waals surface area contributed by atoms with Crippen LogP contribution in [0.4, 0.5) is 10.1 Å². The third kappa shape index (κ3) is 4.74. The first-order chi connectivity index (χ1) is 19.6. The molecule has 1 saturated heterocycles. The number of carbonyl (C=O) groups is 1. The van der Waals surface area contributed by atoms with E-state index in [0.29, 0.717) is 34.9 Å². The molecule has 200 valence electrons. The van der Waals surface area contributed by atoms with Crippen molar-refractivity contribution in [1.82, 2.24) is 35.5 Å². The van der Waals surface area contributed by atoms with Crippen molar-refractivity contribution in [3.63, 3.8) is 0 Å². The summed E-state index contributed by atoms with van der Waals surface area (Å²) in [6.45, 7) is 1.93. The van der Waals surface area contributed by atoms with Crippen LogP contribution in [-0.4, -0.2) is 49.1 Å². The Bertz CT molecular complexity index is 1850. The van der Waals surface area contributed by atoms with Crippen LogP contribution in [0.15, 0.2) is 61.2 Å². The average Bonchev–Trinajstić information content (AvgIpc) is 3.71. The van der Waals surface area contributed by atoms with Crippen molar-refractivity contribution in [2.45, 2.75) is 19.3 Å². The molecule has 1 aliphatic rings. The molecule has 0 aromatic carbocycles. The van der Waals surface area contributed by atoms with Crippen molar-refractivity contribution in [2.24, 2.45) is 5.92 Å². The van der Waals surface area contributed by atoms with Gasteiger partial charge in [-0.05, 0) is 68.2 Å². The van der Waals surface area contributed by atoms with E-state index in [1.807, 2.05) is 24.3 Å². The molecular formula is C29H25FN8OS. The second kappa shape index (κ2) is 10.2. The van der Waals surface area contributed by atoms with Crippen LogP contribution in [0, 0.1) is 11.0 Å². The number of halogens is 1. The van der Waals surface area contributed by atoms with Gasteiger partial charge in [0, 0.05) is 40.2 Å². The van der Waals surface area contributed by atoms with E-state index in [0.717, 1.165) is 75.4 Å². The summed E-state index contributed by atoms with van der Waals surface area (Å²) in [7, 11) is 0. The predicted molar refractivity (Wildman–Crippen MR) is 154 cm³/mol. The Hall–Kier alpha value is -4.48. The fourth-order valence-corrected chi connectivity index (χ4v) is 6.04. The topological polar surface area (TPSA) is 124 Å². The van der Waals surface area contributed by atoms with Crippen molar-refractivity contribution >= 4 is 44.9 Å². The number of carbonyl (C=O) groups excluding carboxylic acids is 1. The molecule has 7 rings (SSSR count). The van der Waals surface area contributed by atoms with E-state index >= 15 is 0 Å². The third-order valence-corrected chi connectivity index (χ3v) is 8.20. The van der Waals surface area contributed by atoms with E-state index in [2.05, 4.69) is 35.8 Å². The summed E-state index contributed by atoms with van der Waals surface area (Å²) >= 11 is 1.09. The highest BCUT2D eigenvalue weighted by Gasteiger charge is 2.18. The lowest BCUT2D eigenvalue weighted by Gasteiger charge is -2.21. The minimum absolute atomic E-state index is 0.00402. The SMILES string of the molecule is O=C(CC1CCNCC1)Nc1cncc(-c2ccc3[nH]nc(-c4cc5c(-c6ccc(F)s6)cncc5[nH]4)c3n2)c1. The number of piperidine rings is 1. The Morgan fingerprint density at radius 1 is 1.02 bits per heavy atom. The Labute approximate surface area is 232 Å². The number of amides is 1. The zero-order chi connectivity index (χ0) is 27.1. The fourth-order valence-electron chi connectivity index (χ4n) is 5.29. The Kier molecular flexibility index (Phi) is 6.29. The Morgan fingerprint density at radius 2 is 1.90 bits per heavy atom. The molecule has 0 atom stereocenters. The maximum Gasteiger partial charge on any atom is 0.224 e. The van der Waals surface area contributed by atoms with Gasteiger partial charge in [-0.15, -0.1) is 11.3 Å². The Morgan fingerprint density at radius 3 is 2.75 bits per heavy atom. The third-order valence-electron chi connectivity index (χ3n) is 7.30. The number of anilines is 1. The van der Waals surface area contributed by atoms with Gasteiger partial charge in [-0.25, -0.2) is 4.98 Å². The van der Waals surface area contributed by atoms with E-state index < -0.39 is 0 Å². The molecule has 40 heavy (non-hydrogen) atoms. The lowest BCUT2D eigenvalue weighted by Crippen LogP contribution is -2.30. The molecule has 11 heteroatoms. The molecule has 0 unspecified atom stereocenters. The molecule has 0 bridgehead atoms. The smallest absolute Gasteiger partial charge is 0.224 e. The normalized spacial score (nSPS) is 14.2. The average molecular weight is 553 g/mol. The summed E-state index contributed by atoms with van der Waals surface area (Å²) in [5.41, 5.74) is 6.74. The molecule has 4 N–H and O–H groups in total. The number of H-pyrrole nitrogens is 2. The highest BCUT2D eigenvalue weighted by molar-refractivity contribution is 7.14. The van der Waals surface area contributed by atoms with Gasteiger partial charge in [-0.1, -0.05) is 0 Å². The molecule has 0 radical (unpaired) electrons. The number of pyridine rings is 3. The van der Waals surface area contributed by atoms with E-state index in [4.69, 9.17) is 4.98 Å².